The van der Waals surface area contributed by atoms with Gasteiger partial charge in [-0.15, -0.1) is 0 Å². The van der Waals surface area contributed by atoms with Crippen LogP contribution in [0.3, 0.4) is 0 Å². The molecule has 2 aromatic carbocycles. The average Bonchev–Trinajstić information content (AvgIpc) is 2.46. The summed E-state index contributed by atoms with van der Waals surface area (Å²) in [4.78, 5) is 11.5. The number of nitrogens with two attached hydrogens (primary N) is 1. The van der Waals surface area contributed by atoms with Gasteiger partial charge in [0.15, 0.2) is 0 Å². The number of carbonyl (C=O) groups excluding carboxylic acids is 1. The van der Waals surface area contributed by atoms with E-state index in [1.165, 1.54) is 24.3 Å². The summed E-state index contributed by atoms with van der Waals surface area (Å²) in [5.74, 6) is 4.95. The molecule has 19 heavy (non-hydrogen) atoms. The molecule has 0 atom stereocenters. The molecule has 5 heteroatoms. The first-order valence-corrected chi connectivity index (χ1v) is 5.68. The summed E-state index contributed by atoms with van der Waals surface area (Å²) in [5, 5.41) is 0. The van der Waals surface area contributed by atoms with E-state index in [1.54, 1.807) is 24.3 Å². The molecule has 0 heterocycles. The highest BCUT2D eigenvalue weighted by Crippen LogP contribution is 2.15. The Balaban J connectivity index is 2.11. The molecule has 0 spiro atoms. The van der Waals surface area contributed by atoms with Gasteiger partial charge in [0.25, 0.3) is 5.91 Å². The molecular formula is C14H13FN2O2. The molecular weight excluding hydrogens is 247 g/mol. The minimum absolute atomic E-state index is 0.204. The van der Waals surface area contributed by atoms with Crippen molar-refractivity contribution < 1.29 is 13.9 Å². The minimum atomic E-state index is -0.377. The van der Waals surface area contributed by atoms with E-state index in [4.69, 9.17) is 10.6 Å². The molecule has 3 N–H and O–H groups in total. The lowest BCUT2D eigenvalue weighted by Crippen LogP contribution is -2.30. The molecule has 0 radical (unpaired) electrons. The number of benzene rings is 2. The van der Waals surface area contributed by atoms with E-state index in [-0.39, 0.29) is 18.3 Å². The maximum absolute atomic E-state index is 12.7. The summed E-state index contributed by atoms with van der Waals surface area (Å²) in [6.07, 6.45) is 0. The van der Waals surface area contributed by atoms with Gasteiger partial charge in [0.1, 0.15) is 18.2 Å². The van der Waals surface area contributed by atoms with Crippen LogP contribution in [0.5, 0.6) is 5.75 Å². The van der Waals surface area contributed by atoms with E-state index in [0.29, 0.717) is 16.9 Å². The molecule has 0 fully saturated rings. The number of hydrazine groups is 1. The van der Waals surface area contributed by atoms with Crippen LogP contribution < -0.4 is 16.0 Å². The SMILES string of the molecule is NNC(=O)c1ccccc1COc1ccc(F)cc1. The molecule has 0 aliphatic carbocycles. The summed E-state index contributed by atoms with van der Waals surface area (Å²) in [7, 11) is 0. The van der Waals surface area contributed by atoms with E-state index in [0.717, 1.165) is 0 Å². The van der Waals surface area contributed by atoms with Gasteiger partial charge in [0.05, 0.1) is 0 Å². The lowest BCUT2D eigenvalue weighted by molar-refractivity contribution is 0.0951. The van der Waals surface area contributed by atoms with Crippen LogP contribution in [0.1, 0.15) is 15.9 Å². The van der Waals surface area contributed by atoms with E-state index in [9.17, 15) is 9.18 Å². The van der Waals surface area contributed by atoms with Crippen molar-refractivity contribution in [3.8, 4) is 5.75 Å². The van der Waals surface area contributed by atoms with Gasteiger partial charge in [-0.05, 0) is 30.3 Å². The number of rotatable bonds is 4. The van der Waals surface area contributed by atoms with Crippen molar-refractivity contribution in [2.75, 3.05) is 0 Å². The van der Waals surface area contributed by atoms with Crippen molar-refractivity contribution >= 4 is 5.91 Å². The quantitative estimate of drug-likeness (QED) is 0.502. The Morgan fingerprint density at radius 2 is 1.84 bits per heavy atom. The molecule has 0 aliphatic heterocycles. The Labute approximate surface area is 110 Å². The number of halogens is 1. The van der Waals surface area contributed by atoms with Gasteiger partial charge in [-0.3, -0.25) is 10.2 Å². The van der Waals surface area contributed by atoms with Crippen LogP contribution in [0.2, 0.25) is 0 Å². The summed E-state index contributed by atoms with van der Waals surface area (Å²) >= 11 is 0. The maximum atomic E-state index is 12.7. The highest BCUT2D eigenvalue weighted by Gasteiger charge is 2.09. The largest absolute Gasteiger partial charge is 0.489 e. The molecule has 0 aliphatic rings. The fourth-order valence-corrected chi connectivity index (χ4v) is 1.64. The molecule has 4 nitrogen and oxygen atoms in total. The Kier molecular flexibility index (Phi) is 4.10. The van der Waals surface area contributed by atoms with E-state index < -0.39 is 0 Å². The number of hydrogen-bond acceptors (Lipinski definition) is 3. The van der Waals surface area contributed by atoms with Crippen LogP contribution in [-0.4, -0.2) is 5.91 Å². The average molecular weight is 260 g/mol. The molecule has 0 unspecified atom stereocenters. The third-order valence-electron chi connectivity index (χ3n) is 2.60. The van der Waals surface area contributed by atoms with Crippen LogP contribution in [0.25, 0.3) is 0 Å². The van der Waals surface area contributed by atoms with Crippen molar-refractivity contribution in [2.45, 2.75) is 6.61 Å². The standard InChI is InChI=1S/C14H13FN2O2/c15-11-5-7-12(8-6-11)19-9-10-3-1-2-4-13(10)14(18)17-16/h1-8H,9,16H2,(H,17,18). The monoisotopic (exact) mass is 260 g/mol. The lowest BCUT2D eigenvalue weighted by Gasteiger charge is -2.10. The third-order valence-corrected chi connectivity index (χ3v) is 2.60. The molecule has 0 saturated heterocycles. The Hall–Kier alpha value is -2.40. The number of nitrogens with one attached hydrogen (secondary N) is 1. The van der Waals surface area contributed by atoms with Gasteiger partial charge >= 0.3 is 0 Å². The van der Waals surface area contributed by atoms with E-state index >= 15 is 0 Å². The third kappa shape index (κ3) is 3.29. The van der Waals surface area contributed by atoms with Gasteiger partial charge in [0, 0.05) is 11.1 Å². The van der Waals surface area contributed by atoms with Crippen molar-refractivity contribution in [1.82, 2.24) is 5.43 Å². The molecule has 0 aromatic heterocycles. The molecule has 1 amide bonds. The normalized spacial score (nSPS) is 10.0. The van der Waals surface area contributed by atoms with Crippen molar-refractivity contribution in [3.05, 3.63) is 65.5 Å². The van der Waals surface area contributed by atoms with Crippen LogP contribution >= 0.6 is 0 Å². The maximum Gasteiger partial charge on any atom is 0.265 e. The molecule has 98 valence electrons. The second-order valence-electron chi connectivity index (χ2n) is 3.87. The number of amides is 1. The van der Waals surface area contributed by atoms with Gasteiger partial charge in [-0.25, -0.2) is 10.2 Å². The smallest absolute Gasteiger partial charge is 0.265 e. The van der Waals surface area contributed by atoms with E-state index in [1.807, 2.05) is 0 Å². The molecule has 2 aromatic rings. The topological polar surface area (TPSA) is 64.3 Å². The van der Waals surface area contributed by atoms with Crippen LogP contribution in [0, 0.1) is 5.82 Å². The van der Waals surface area contributed by atoms with Gasteiger partial charge in [0.2, 0.25) is 0 Å². The van der Waals surface area contributed by atoms with E-state index in [2.05, 4.69) is 5.43 Å². The first-order chi connectivity index (χ1) is 9.20. The number of carbonyl (C=O) groups is 1. The molecule has 0 saturated carbocycles. The molecule has 2 rings (SSSR count). The first-order valence-electron chi connectivity index (χ1n) is 5.68. The highest BCUT2D eigenvalue weighted by atomic mass is 19.1. The fourth-order valence-electron chi connectivity index (χ4n) is 1.64. The van der Waals surface area contributed by atoms with Gasteiger partial charge in [-0.1, -0.05) is 18.2 Å². The summed E-state index contributed by atoms with van der Waals surface area (Å²) < 4.78 is 18.2. The number of nitrogen functional groups attached to an aromatic ring is 1. The van der Waals surface area contributed by atoms with Crippen molar-refractivity contribution in [3.63, 3.8) is 0 Å². The van der Waals surface area contributed by atoms with Gasteiger partial charge < -0.3 is 4.74 Å². The predicted molar refractivity (Wildman–Crippen MR) is 68.8 cm³/mol. The molecule has 0 bridgehead atoms. The van der Waals surface area contributed by atoms with Crippen LogP contribution in [0.15, 0.2) is 48.5 Å². The Bertz CT molecular complexity index is 570. The zero-order chi connectivity index (χ0) is 13.7. The summed E-state index contributed by atoms with van der Waals surface area (Å²) in [6.45, 7) is 0.204. The van der Waals surface area contributed by atoms with Crippen LogP contribution in [-0.2, 0) is 6.61 Å². The number of ether oxygens (including phenoxy) is 1. The second kappa shape index (κ2) is 5.97. The second-order valence-corrected chi connectivity index (χ2v) is 3.87. The highest BCUT2D eigenvalue weighted by molar-refractivity contribution is 5.95. The fraction of sp³-hybridized carbons (Fsp3) is 0.0714. The van der Waals surface area contributed by atoms with Crippen LogP contribution in [0.4, 0.5) is 4.39 Å². The zero-order valence-electron chi connectivity index (χ0n) is 10.1. The lowest BCUT2D eigenvalue weighted by atomic mass is 10.1. The van der Waals surface area contributed by atoms with Crippen molar-refractivity contribution in [2.24, 2.45) is 5.84 Å². The van der Waals surface area contributed by atoms with Gasteiger partial charge in [-0.2, -0.15) is 0 Å². The minimum Gasteiger partial charge on any atom is -0.489 e. The Morgan fingerprint density at radius 1 is 1.16 bits per heavy atom. The first kappa shape index (κ1) is 13.0. The summed E-state index contributed by atoms with van der Waals surface area (Å²) in [6, 6.07) is 12.7. The number of hydrogen-bond donors (Lipinski definition) is 2. The summed E-state index contributed by atoms with van der Waals surface area (Å²) in [5.41, 5.74) is 3.24. The predicted octanol–water partition coefficient (Wildman–Crippen LogP) is 2.01. The van der Waals surface area contributed by atoms with Crippen molar-refractivity contribution in [1.29, 1.82) is 0 Å². The Morgan fingerprint density at radius 3 is 2.53 bits per heavy atom. The zero-order valence-corrected chi connectivity index (χ0v) is 10.1.